The number of nitrogens with one attached hydrogen (secondary N) is 1. The first-order valence-corrected chi connectivity index (χ1v) is 17.8. The standard InChI is InChI=1S/C40H46F3N5O4/c1-40(2,3)52-39(50)48-23-30(34(43)24-48)21-44-36(29-16-18-46(19-17-29)38(49)51-26-28-12-8-5-9-13-28)37-45-35(32-20-31(41)14-15-33(32)42)25-47(37)22-27-10-6-4-7-11-27/h4-15,20,25,29-30,34,36,44H,16-19,21-24,26H2,1-3H3. The van der Waals surface area contributed by atoms with E-state index < -0.39 is 47.6 Å². The van der Waals surface area contributed by atoms with Gasteiger partial charge >= 0.3 is 12.2 Å². The highest BCUT2D eigenvalue weighted by Gasteiger charge is 2.39. The second-order valence-corrected chi connectivity index (χ2v) is 14.6. The summed E-state index contributed by atoms with van der Waals surface area (Å²) in [5.74, 6) is -1.16. The van der Waals surface area contributed by atoms with E-state index in [4.69, 9.17) is 14.5 Å². The van der Waals surface area contributed by atoms with Crippen LogP contribution in [0.1, 0.15) is 56.6 Å². The maximum absolute atomic E-state index is 15.5. The Labute approximate surface area is 302 Å². The van der Waals surface area contributed by atoms with E-state index in [-0.39, 0.29) is 43.4 Å². The van der Waals surface area contributed by atoms with Gasteiger partial charge in [0.2, 0.25) is 0 Å². The van der Waals surface area contributed by atoms with Crippen molar-refractivity contribution >= 4 is 12.2 Å². The minimum absolute atomic E-state index is 0.0374. The molecular weight excluding hydrogens is 671 g/mol. The lowest BCUT2D eigenvalue weighted by Gasteiger charge is -2.36. The molecule has 3 heterocycles. The number of amides is 2. The molecule has 3 unspecified atom stereocenters. The number of carbonyl (C=O) groups is 2. The van der Waals surface area contributed by atoms with Crippen molar-refractivity contribution in [3.63, 3.8) is 0 Å². The Hall–Kier alpha value is -4.84. The summed E-state index contributed by atoms with van der Waals surface area (Å²) in [5.41, 5.74) is 1.48. The number of benzene rings is 3. The molecule has 3 atom stereocenters. The van der Waals surface area contributed by atoms with Crippen molar-refractivity contribution in [3.8, 4) is 11.3 Å². The van der Waals surface area contributed by atoms with Gasteiger partial charge in [-0.2, -0.15) is 0 Å². The maximum Gasteiger partial charge on any atom is 0.410 e. The third-order valence-electron chi connectivity index (χ3n) is 9.57. The van der Waals surface area contributed by atoms with Crippen molar-refractivity contribution in [3.05, 3.63) is 114 Å². The van der Waals surface area contributed by atoms with Gasteiger partial charge in [-0.15, -0.1) is 0 Å². The van der Waals surface area contributed by atoms with Crippen LogP contribution in [0.2, 0.25) is 0 Å². The molecule has 0 spiro atoms. The normalized spacial score (nSPS) is 18.7. The number of rotatable bonds is 10. The van der Waals surface area contributed by atoms with Crippen molar-refractivity contribution in [1.29, 1.82) is 0 Å². The van der Waals surface area contributed by atoms with Gasteiger partial charge in [0, 0.05) is 50.4 Å². The molecule has 0 saturated carbocycles. The van der Waals surface area contributed by atoms with Gasteiger partial charge in [0.05, 0.1) is 18.3 Å². The Kier molecular flexibility index (Phi) is 11.5. The van der Waals surface area contributed by atoms with Gasteiger partial charge in [0.15, 0.2) is 0 Å². The number of nitrogens with zero attached hydrogens (tertiary/aromatic N) is 4. The van der Waals surface area contributed by atoms with Crippen LogP contribution >= 0.6 is 0 Å². The summed E-state index contributed by atoms with van der Waals surface area (Å²) in [6, 6.07) is 22.1. The number of ether oxygens (including phenoxy) is 2. The number of halogens is 3. The van der Waals surface area contributed by atoms with Gasteiger partial charge in [0.25, 0.3) is 0 Å². The van der Waals surface area contributed by atoms with Crippen LogP contribution in [0, 0.1) is 23.5 Å². The van der Waals surface area contributed by atoms with Gasteiger partial charge in [-0.1, -0.05) is 60.7 Å². The minimum Gasteiger partial charge on any atom is -0.445 e. The number of carbonyl (C=O) groups excluding carboxylic acids is 2. The molecule has 2 fully saturated rings. The lowest BCUT2D eigenvalue weighted by atomic mass is 9.88. The summed E-state index contributed by atoms with van der Waals surface area (Å²) in [5, 5.41) is 3.59. The summed E-state index contributed by atoms with van der Waals surface area (Å²) in [6.07, 6.45) is 0.683. The molecule has 3 aromatic carbocycles. The van der Waals surface area contributed by atoms with Crippen molar-refractivity contribution in [1.82, 2.24) is 24.7 Å². The number of likely N-dealkylation sites (tertiary alicyclic amines) is 2. The summed E-state index contributed by atoms with van der Waals surface area (Å²) in [6.45, 7) is 7.10. The van der Waals surface area contributed by atoms with E-state index >= 15 is 8.78 Å². The van der Waals surface area contributed by atoms with Crippen LogP contribution < -0.4 is 5.32 Å². The Morgan fingerprint density at radius 3 is 2.25 bits per heavy atom. The highest BCUT2D eigenvalue weighted by molar-refractivity contribution is 5.69. The quantitative estimate of drug-likeness (QED) is 0.181. The Morgan fingerprint density at radius 1 is 0.904 bits per heavy atom. The fourth-order valence-corrected chi connectivity index (χ4v) is 6.88. The molecule has 9 nitrogen and oxygen atoms in total. The maximum atomic E-state index is 15.5. The van der Waals surface area contributed by atoms with Crippen molar-refractivity contribution in [2.45, 2.75) is 64.6 Å². The molecule has 6 rings (SSSR count). The largest absolute Gasteiger partial charge is 0.445 e. The summed E-state index contributed by atoms with van der Waals surface area (Å²) in [7, 11) is 0. The molecule has 2 aliphatic rings. The Morgan fingerprint density at radius 2 is 1.58 bits per heavy atom. The SMILES string of the molecule is CC(C)(C)OC(=O)N1CC(F)C(CNC(c2nc(-c3cc(F)ccc3F)cn2Cc2ccccc2)C2CCN(C(=O)OCc3ccccc3)CC2)C1. The zero-order valence-corrected chi connectivity index (χ0v) is 29.8. The molecule has 4 aromatic rings. The first-order chi connectivity index (χ1) is 24.9. The molecule has 0 aliphatic carbocycles. The monoisotopic (exact) mass is 717 g/mol. The van der Waals surface area contributed by atoms with E-state index in [0.29, 0.717) is 38.3 Å². The summed E-state index contributed by atoms with van der Waals surface area (Å²) >= 11 is 0. The molecule has 0 bridgehead atoms. The molecular formula is C40H46F3N5O4. The van der Waals surface area contributed by atoms with Crippen LogP contribution in [0.5, 0.6) is 0 Å². The highest BCUT2D eigenvalue weighted by atomic mass is 19.1. The third kappa shape index (κ3) is 9.33. The Bertz CT molecular complexity index is 1810. The number of aromatic nitrogens is 2. The minimum atomic E-state index is -1.28. The second-order valence-electron chi connectivity index (χ2n) is 14.6. The molecule has 0 radical (unpaired) electrons. The number of imidazole rings is 1. The van der Waals surface area contributed by atoms with Crippen LogP contribution in [0.3, 0.4) is 0 Å². The molecule has 12 heteroatoms. The molecule has 1 aromatic heterocycles. The molecule has 52 heavy (non-hydrogen) atoms. The second kappa shape index (κ2) is 16.2. The smallest absolute Gasteiger partial charge is 0.410 e. The van der Waals surface area contributed by atoms with Crippen molar-refractivity contribution in [2.24, 2.45) is 11.8 Å². The van der Waals surface area contributed by atoms with E-state index in [1.54, 1.807) is 31.9 Å². The van der Waals surface area contributed by atoms with Gasteiger partial charge in [-0.3, -0.25) is 0 Å². The van der Waals surface area contributed by atoms with Gasteiger partial charge in [-0.25, -0.2) is 27.7 Å². The van der Waals surface area contributed by atoms with Crippen molar-refractivity contribution in [2.75, 3.05) is 32.7 Å². The number of alkyl halides is 1. The summed E-state index contributed by atoms with van der Waals surface area (Å²) < 4.78 is 58.0. The number of hydrogen-bond acceptors (Lipinski definition) is 6. The van der Waals surface area contributed by atoms with E-state index in [0.717, 1.165) is 29.3 Å². The van der Waals surface area contributed by atoms with Gasteiger partial charge < -0.3 is 29.2 Å². The van der Waals surface area contributed by atoms with Crippen LogP contribution in [-0.2, 0) is 22.6 Å². The fourth-order valence-electron chi connectivity index (χ4n) is 6.88. The number of hydrogen-bond donors (Lipinski definition) is 1. The van der Waals surface area contributed by atoms with Crippen LogP contribution in [-0.4, -0.2) is 76.0 Å². The lowest BCUT2D eigenvalue weighted by molar-refractivity contribution is 0.0280. The topological polar surface area (TPSA) is 88.9 Å². The van der Waals surface area contributed by atoms with E-state index in [1.165, 1.54) is 4.90 Å². The summed E-state index contributed by atoms with van der Waals surface area (Å²) in [4.78, 5) is 33.8. The van der Waals surface area contributed by atoms with Crippen LogP contribution in [0.4, 0.5) is 22.8 Å². The average Bonchev–Trinajstić information content (AvgIpc) is 3.71. The highest BCUT2D eigenvalue weighted by Crippen LogP contribution is 2.35. The first kappa shape index (κ1) is 36.9. The van der Waals surface area contributed by atoms with Crippen molar-refractivity contribution < 1.29 is 32.2 Å². The average molecular weight is 718 g/mol. The molecule has 2 aliphatic heterocycles. The zero-order valence-electron chi connectivity index (χ0n) is 29.8. The van der Waals surface area contributed by atoms with Gasteiger partial charge in [-0.05, 0) is 68.9 Å². The molecule has 2 saturated heterocycles. The Balaban J connectivity index is 1.26. The fraction of sp³-hybridized carbons (Fsp3) is 0.425. The molecule has 276 valence electrons. The molecule has 1 N–H and O–H groups in total. The zero-order chi connectivity index (χ0) is 36.8. The third-order valence-corrected chi connectivity index (χ3v) is 9.57. The van der Waals surface area contributed by atoms with E-state index in [2.05, 4.69) is 5.32 Å². The molecule has 2 amide bonds. The lowest BCUT2D eigenvalue weighted by Crippen LogP contribution is -2.44. The first-order valence-electron chi connectivity index (χ1n) is 17.8. The van der Waals surface area contributed by atoms with Gasteiger partial charge in [0.1, 0.15) is 35.8 Å². The van der Waals surface area contributed by atoms with E-state index in [9.17, 15) is 14.0 Å². The van der Waals surface area contributed by atoms with Crippen LogP contribution in [0.15, 0.2) is 85.1 Å². The van der Waals surface area contributed by atoms with E-state index in [1.807, 2.05) is 65.2 Å². The predicted octanol–water partition coefficient (Wildman–Crippen LogP) is 7.76. The van der Waals surface area contributed by atoms with Crippen LogP contribution in [0.25, 0.3) is 11.3 Å². The predicted molar refractivity (Wildman–Crippen MR) is 191 cm³/mol. The number of piperidine rings is 1.